The molecule has 0 fully saturated rings. The lowest BCUT2D eigenvalue weighted by molar-refractivity contribution is 0.199. The standard InChI is InChI=1S/C13H16N2O2S/c1-17-7-6-14-9-10-4-5-11(15-13(10)16)12-3-2-8-18-12/h2-5,8,14H,6-7,9H2,1H3,(H,15,16). The van der Waals surface area contributed by atoms with Gasteiger partial charge in [-0.25, -0.2) is 0 Å². The number of hydrogen-bond donors (Lipinski definition) is 2. The van der Waals surface area contributed by atoms with Gasteiger partial charge in [-0.2, -0.15) is 0 Å². The number of pyridine rings is 1. The number of H-pyrrole nitrogens is 1. The molecule has 0 aromatic carbocycles. The van der Waals surface area contributed by atoms with E-state index < -0.39 is 0 Å². The Labute approximate surface area is 110 Å². The van der Waals surface area contributed by atoms with Crippen molar-refractivity contribution >= 4 is 11.3 Å². The summed E-state index contributed by atoms with van der Waals surface area (Å²) in [5.41, 5.74) is 1.58. The van der Waals surface area contributed by atoms with Crippen LogP contribution in [0.5, 0.6) is 0 Å². The fourth-order valence-corrected chi connectivity index (χ4v) is 2.32. The normalized spacial score (nSPS) is 10.7. The number of nitrogens with one attached hydrogen (secondary N) is 2. The molecule has 96 valence electrons. The monoisotopic (exact) mass is 264 g/mol. The third-order valence-electron chi connectivity index (χ3n) is 2.58. The minimum absolute atomic E-state index is 0.0363. The van der Waals surface area contributed by atoms with Crippen molar-refractivity contribution in [3.63, 3.8) is 0 Å². The topological polar surface area (TPSA) is 54.1 Å². The maximum atomic E-state index is 11.9. The number of aromatic nitrogens is 1. The van der Waals surface area contributed by atoms with Crippen LogP contribution in [0.25, 0.3) is 10.6 Å². The Kier molecular flexibility index (Phi) is 4.69. The van der Waals surface area contributed by atoms with Gasteiger partial charge < -0.3 is 15.0 Å². The Bertz CT molecular complexity index is 534. The van der Waals surface area contributed by atoms with Gasteiger partial charge in [0.05, 0.1) is 17.2 Å². The van der Waals surface area contributed by atoms with Crippen LogP contribution in [0.2, 0.25) is 0 Å². The molecule has 0 spiro atoms. The fourth-order valence-electron chi connectivity index (χ4n) is 1.62. The first kappa shape index (κ1) is 13.0. The number of thiophene rings is 1. The molecule has 0 aliphatic heterocycles. The average molecular weight is 264 g/mol. The second-order valence-corrected chi connectivity index (χ2v) is 4.82. The molecular formula is C13H16N2O2S. The molecule has 18 heavy (non-hydrogen) atoms. The second-order valence-electron chi connectivity index (χ2n) is 3.87. The summed E-state index contributed by atoms with van der Waals surface area (Å²) in [6.45, 7) is 1.94. The van der Waals surface area contributed by atoms with Crippen LogP contribution in [0.4, 0.5) is 0 Å². The molecular weight excluding hydrogens is 248 g/mol. The van der Waals surface area contributed by atoms with Crippen molar-refractivity contribution in [1.82, 2.24) is 10.3 Å². The molecule has 0 bridgehead atoms. The van der Waals surface area contributed by atoms with Gasteiger partial charge in [0.15, 0.2) is 0 Å². The molecule has 5 heteroatoms. The smallest absolute Gasteiger partial charge is 0.252 e. The summed E-state index contributed by atoms with van der Waals surface area (Å²) in [7, 11) is 1.66. The van der Waals surface area contributed by atoms with Crippen molar-refractivity contribution < 1.29 is 4.74 Å². The summed E-state index contributed by atoms with van der Waals surface area (Å²) in [6, 6.07) is 7.78. The van der Waals surface area contributed by atoms with Gasteiger partial charge in [-0.05, 0) is 17.5 Å². The van der Waals surface area contributed by atoms with Crippen molar-refractivity contribution in [3.05, 3.63) is 45.6 Å². The molecule has 2 aromatic rings. The molecule has 0 radical (unpaired) electrons. The predicted molar refractivity (Wildman–Crippen MR) is 74.0 cm³/mol. The van der Waals surface area contributed by atoms with Gasteiger partial charge in [-0.15, -0.1) is 11.3 Å². The molecule has 2 rings (SSSR count). The fraction of sp³-hybridized carbons (Fsp3) is 0.308. The van der Waals surface area contributed by atoms with Gasteiger partial charge in [-0.3, -0.25) is 4.79 Å². The summed E-state index contributed by atoms with van der Waals surface area (Å²) in [6.07, 6.45) is 0. The van der Waals surface area contributed by atoms with Crippen LogP contribution in [0.15, 0.2) is 34.4 Å². The molecule has 4 nitrogen and oxygen atoms in total. The van der Waals surface area contributed by atoms with E-state index >= 15 is 0 Å². The Morgan fingerprint density at radius 2 is 2.28 bits per heavy atom. The van der Waals surface area contributed by atoms with E-state index in [2.05, 4.69) is 10.3 Å². The molecule has 0 atom stereocenters. The zero-order valence-corrected chi connectivity index (χ0v) is 11.0. The van der Waals surface area contributed by atoms with Crippen LogP contribution < -0.4 is 10.9 Å². The predicted octanol–water partition coefficient (Wildman–Crippen LogP) is 1.84. The van der Waals surface area contributed by atoms with E-state index in [1.54, 1.807) is 18.4 Å². The molecule has 2 aromatic heterocycles. The van der Waals surface area contributed by atoms with Crippen LogP contribution in [-0.2, 0) is 11.3 Å². The molecule has 0 saturated heterocycles. The van der Waals surface area contributed by atoms with E-state index in [-0.39, 0.29) is 5.56 Å². The Hall–Kier alpha value is -1.43. The van der Waals surface area contributed by atoms with E-state index in [9.17, 15) is 4.79 Å². The highest BCUT2D eigenvalue weighted by atomic mass is 32.1. The van der Waals surface area contributed by atoms with Crippen LogP contribution >= 0.6 is 11.3 Å². The number of hydrogen-bond acceptors (Lipinski definition) is 4. The molecule has 0 aliphatic carbocycles. The zero-order chi connectivity index (χ0) is 12.8. The molecule has 0 unspecified atom stereocenters. The van der Waals surface area contributed by atoms with Gasteiger partial charge in [0.1, 0.15) is 0 Å². The van der Waals surface area contributed by atoms with Crippen LogP contribution in [0, 0.1) is 0 Å². The van der Waals surface area contributed by atoms with Gasteiger partial charge in [0, 0.05) is 25.8 Å². The van der Waals surface area contributed by atoms with Gasteiger partial charge in [0.25, 0.3) is 5.56 Å². The summed E-state index contributed by atoms with van der Waals surface area (Å²) >= 11 is 1.61. The highest BCUT2D eigenvalue weighted by Crippen LogP contribution is 2.21. The van der Waals surface area contributed by atoms with Crippen molar-refractivity contribution in [2.24, 2.45) is 0 Å². The first-order chi connectivity index (χ1) is 8.81. The van der Waals surface area contributed by atoms with E-state index in [0.717, 1.165) is 22.7 Å². The van der Waals surface area contributed by atoms with Crippen LogP contribution in [-0.4, -0.2) is 25.2 Å². The first-order valence-corrected chi connectivity index (χ1v) is 6.65. The minimum atomic E-state index is -0.0363. The van der Waals surface area contributed by atoms with Crippen LogP contribution in [0.1, 0.15) is 5.56 Å². The third-order valence-corrected chi connectivity index (χ3v) is 3.48. The average Bonchev–Trinajstić information content (AvgIpc) is 2.90. The number of rotatable bonds is 6. The lowest BCUT2D eigenvalue weighted by Crippen LogP contribution is -2.23. The van der Waals surface area contributed by atoms with Crippen molar-refractivity contribution in [3.8, 4) is 10.6 Å². The lowest BCUT2D eigenvalue weighted by atomic mass is 10.2. The summed E-state index contributed by atoms with van der Waals surface area (Å²) in [5.74, 6) is 0. The zero-order valence-electron chi connectivity index (χ0n) is 10.2. The van der Waals surface area contributed by atoms with Gasteiger partial charge >= 0.3 is 0 Å². The Balaban J connectivity index is 2.04. The number of methoxy groups -OCH3 is 1. The van der Waals surface area contributed by atoms with E-state index in [4.69, 9.17) is 4.74 Å². The van der Waals surface area contributed by atoms with Gasteiger partial charge in [0.2, 0.25) is 0 Å². The summed E-state index contributed by atoms with van der Waals surface area (Å²) in [5, 5.41) is 5.15. The lowest BCUT2D eigenvalue weighted by Gasteiger charge is -2.04. The van der Waals surface area contributed by atoms with Crippen LogP contribution in [0.3, 0.4) is 0 Å². The summed E-state index contributed by atoms with van der Waals surface area (Å²) in [4.78, 5) is 15.9. The van der Waals surface area contributed by atoms with E-state index in [0.29, 0.717) is 13.2 Å². The maximum Gasteiger partial charge on any atom is 0.252 e. The maximum absolute atomic E-state index is 11.9. The third kappa shape index (κ3) is 3.29. The largest absolute Gasteiger partial charge is 0.383 e. The molecule has 0 amide bonds. The highest BCUT2D eigenvalue weighted by molar-refractivity contribution is 7.13. The molecule has 0 aliphatic rings. The number of ether oxygens (including phenoxy) is 1. The van der Waals surface area contributed by atoms with Crippen molar-refractivity contribution in [1.29, 1.82) is 0 Å². The molecule has 0 saturated carbocycles. The second kappa shape index (κ2) is 6.49. The van der Waals surface area contributed by atoms with E-state index in [1.807, 2.05) is 29.6 Å². The Morgan fingerprint density at radius 1 is 1.39 bits per heavy atom. The SMILES string of the molecule is COCCNCc1ccc(-c2cccs2)[nH]c1=O. The molecule has 2 heterocycles. The van der Waals surface area contributed by atoms with Crippen molar-refractivity contribution in [2.45, 2.75) is 6.54 Å². The van der Waals surface area contributed by atoms with Crippen molar-refractivity contribution in [2.75, 3.05) is 20.3 Å². The van der Waals surface area contributed by atoms with Gasteiger partial charge in [-0.1, -0.05) is 12.1 Å². The first-order valence-electron chi connectivity index (χ1n) is 5.77. The van der Waals surface area contributed by atoms with E-state index in [1.165, 1.54) is 0 Å². The molecule has 2 N–H and O–H groups in total. The highest BCUT2D eigenvalue weighted by Gasteiger charge is 2.03. The number of aromatic amines is 1. The Morgan fingerprint density at radius 3 is 2.94 bits per heavy atom. The summed E-state index contributed by atoms with van der Waals surface area (Å²) < 4.78 is 4.93. The minimum Gasteiger partial charge on any atom is -0.383 e. The quantitative estimate of drug-likeness (QED) is 0.783.